The number of rotatable bonds is 4. The number of hydrogen-bond acceptors (Lipinski definition) is 4. The highest BCUT2D eigenvalue weighted by atomic mass is 79.9. The summed E-state index contributed by atoms with van der Waals surface area (Å²) < 4.78 is 7.84. The number of imide groups is 2. The number of anilines is 1. The molecule has 0 atom stereocenters. The van der Waals surface area contributed by atoms with Gasteiger partial charge in [0.15, 0.2) is 0 Å². The largest absolute Gasteiger partial charge is 0.497 e. The number of aryl methyl sites for hydroxylation is 1. The van der Waals surface area contributed by atoms with Crippen molar-refractivity contribution in [1.29, 1.82) is 0 Å². The van der Waals surface area contributed by atoms with E-state index in [9.17, 15) is 14.4 Å². The number of barbiturate groups is 1. The van der Waals surface area contributed by atoms with Gasteiger partial charge >= 0.3 is 6.03 Å². The van der Waals surface area contributed by atoms with Crippen LogP contribution >= 0.6 is 15.9 Å². The van der Waals surface area contributed by atoms with Gasteiger partial charge in [-0.1, -0.05) is 22.0 Å². The van der Waals surface area contributed by atoms with Crippen molar-refractivity contribution in [2.75, 3.05) is 12.0 Å². The third-order valence-electron chi connectivity index (χ3n) is 4.86. The molecule has 2 aromatic carbocycles. The molecule has 3 aromatic rings. The number of nitrogens with zero attached hydrogens (tertiary/aromatic N) is 2. The summed E-state index contributed by atoms with van der Waals surface area (Å²) in [7, 11) is 1.61. The molecule has 0 unspecified atom stereocenters. The minimum atomic E-state index is -0.780. The average Bonchev–Trinajstić information content (AvgIpc) is 3.11. The number of halogens is 1. The Morgan fingerprint density at radius 2 is 1.74 bits per heavy atom. The van der Waals surface area contributed by atoms with E-state index in [1.807, 2.05) is 48.0 Å². The lowest BCUT2D eigenvalue weighted by Gasteiger charge is -2.26. The topological polar surface area (TPSA) is 80.6 Å². The average molecular weight is 480 g/mol. The van der Waals surface area contributed by atoms with E-state index in [4.69, 9.17) is 4.74 Å². The fraction of sp³-hybridized carbons (Fsp3) is 0.0870. The standard InChI is InChI=1S/C23H18BrN3O4/c1-14-10-15(13-26(14)17-6-8-19(31-2)9-7-17)11-20-21(28)25-23(30)27(22(20)29)18-5-3-4-16(24)12-18/h3-13H,1-2H3,(H,25,28,30)/b20-11-. The Kier molecular flexibility index (Phi) is 5.48. The third kappa shape index (κ3) is 4.02. The van der Waals surface area contributed by atoms with Crippen molar-refractivity contribution in [2.45, 2.75) is 6.92 Å². The van der Waals surface area contributed by atoms with Crippen LogP contribution < -0.4 is 15.0 Å². The first-order valence-corrected chi connectivity index (χ1v) is 10.2. The van der Waals surface area contributed by atoms with E-state index >= 15 is 0 Å². The highest BCUT2D eigenvalue weighted by Crippen LogP contribution is 2.26. The van der Waals surface area contributed by atoms with Gasteiger partial charge in [0.25, 0.3) is 11.8 Å². The Morgan fingerprint density at radius 3 is 2.42 bits per heavy atom. The van der Waals surface area contributed by atoms with Crippen molar-refractivity contribution in [3.8, 4) is 11.4 Å². The molecule has 1 aromatic heterocycles. The predicted octanol–water partition coefficient (Wildman–Crippen LogP) is 4.22. The number of carbonyl (C=O) groups is 3. The third-order valence-corrected chi connectivity index (χ3v) is 5.36. The second-order valence-electron chi connectivity index (χ2n) is 6.92. The van der Waals surface area contributed by atoms with Crippen molar-refractivity contribution in [2.24, 2.45) is 0 Å². The number of amides is 4. The molecule has 2 heterocycles. The van der Waals surface area contributed by atoms with Gasteiger partial charge in [-0.3, -0.25) is 14.9 Å². The first-order valence-electron chi connectivity index (χ1n) is 9.38. The molecule has 0 bridgehead atoms. The second-order valence-corrected chi connectivity index (χ2v) is 7.84. The van der Waals surface area contributed by atoms with Gasteiger partial charge in [0.05, 0.1) is 12.8 Å². The zero-order valence-electron chi connectivity index (χ0n) is 16.8. The van der Waals surface area contributed by atoms with Gasteiger partial charge in [-0.25, -0.2) is 9.69 Å². The van der Waals surface area contributed by atoms with Crippen molar-refractivity contribution < 1.29 is 19.1 Å². The highest BCUT2D eigenvalue weighted by molar-refractivity contribution is 9.10. The quantitative estimate of drug-likeness (QED) is 0.448. The smallest absolute Gasteiger partial charge is 0.335 e. The summed E-state index contributed by atoms with van der Waals surface area (Å²) in [4.78, 5) is 38.7. The summed E-state index contributed by atoms with van der Waals surface area (Å²) in [6.07, 6.45) is 3.31. The number of nitrogens with one attached hydrogen (secondary N) is 1. The van der Waals surface area contributed by atoms with E-state index in [-0.39, 0.29) is 5.57 Å². The number of aromatic nitrogens is 1. The van der Waals surface area contributed by atoms with Gasteiger partial charge in [0.2, 0.25) is 0 Å². The number of ether oxygens (including phenoxy) is 1. The number of urea groups is 1. The Bertz CT molecular complexity index is 1230. The predicted molar refractivity (Wildman–Crippen MR) is 120 cm³/mol. The van der Waals surface area contributed by atoms with Crippen LogP contribution in [0.1, 0.15) is 11.3 Å². The van der Waals surface area contributed by atoms with Crippen molar-refractivity contribution in [1.82, 2.24) is 9.88 Å². The zero-order chi connectivity index (χ0) is 22.1. The van der Waals surface area contributed by atoms with Crippen molar-refractivity contribution >= 4 is 45.5 Å². The molecule has 1 aliphatic rings. The Balaban J connectivity index is 1.69. The summed E-state index contributed by atoms with van der Waals surface area (Å²) in [6, 6.07) is 15.4. The molecule has 0 spiro atoms. The minimum Gasteiger partial charge on any atom is -0.497 e. The van der Waals surface area contributed by atoms with E-state index < -0.39 is 17.8 Å². The normalized spacial score (nSPS) is 15.4. The lowest BCUT2D eigenvalue weighted by Crippen LogP contribution is -2.54. The fourth-order valence-corrected chi connectivity index (χ4v) is 3.76. The van der Waals surface area contributed by atoms with Crippen LogP contribution in [0.25, 0.3) is 11.8 Å². The number of carbonyl (C=O) groups excluding carboxylic acids is 3. The molecular formula is C23H18BrN3O4. The molecule has 1 saturated heterocycles. The van der Waals surface area contributed by atoms with E-state index in [1.54, 1.807) is 31.4 Å². The SMILES string of the molecule is COc1ccc(-n2cc(/C=C3/C(=O)NC(=O)N(c4cccc(Br)c4)C3=O)cc2C)cc1. The minimum absolute atomic E-state index is 0.119. The molecule has 4 amide bonds. The second kappa shape index (κ2) is 8.23. The molecule has 7 nitrogen and oxygen atoms in total. The Morgan fingerprint density at radius 1 is 1.00 bits per heavy atom. The molecular weight excluding hydrogens is 462 g/mol. The molecule has 0 radical (unpaired) electrons. The number of benzene rings is 2. The molecule has 4 rings (SSSR count). The zero-order valence-corrected chi connectivity index (χ0v) is 18.3. The maximum atomic E-state index is 13.0. The summed E-state index contributed by atoms with van der Waals surface area (Å²) >= 11 is 3.33. The molecule has 0 aliphatic carbocycles. The van der Waals surface area contributed by atoms with E-state index in [0.717, 1.165) is 22.0 Å². The van der Waals surface area contributed by atoms with E-state index in [2.05, 4.69) is 21.2 Å². The van der Waals surface area contributed by atoms with Gasteiger partial charge in [0, 0.05) is 22.1 Å². The van der Waals surface area contributed by atoms with Crippen LogP contribution in [0.15, 0.2) is 70.8 Å². The lowest BCUT2D eigenvalue weighted by molar-refractivity contribution is -0.122. The van der Waals surface area contributed by atoms with Crippen LogP contribution in [-0.2, 0) is 9.59 Å². The van der Waals surface area contributed by atoms with Gasteiger partial charge in [0.1, 0.15) is 11.3 Å². The van der Waals surface area contributed by atoms with Gasteiger partial charge in [-0.15, -0.1) is 0 Å². The summed E-state index contributed by atoms with van der Waals surface area (Å²) in [5.74, 6) is -0.657. The van der Waals surface area contributed by atoms with Crippen LogP contribution in [0.3, 0.4) is 0 Å². The molecule has 156 valence electrons. The number of methoxy groups -OCH3 is 1. The van der Waals surface area contributed by atoms with Gasteiger partial charge in [-0.05, 0) is 67.1 Å². The van der Waals surface area contributed by atoms with Crippen LogP contribution in [-0.4, -0.2) is 29.5 Å². The molecule has 1 N–H and O–H groups in total. The molecule has 8 heteroatoms. The summed E-state index contributed by atoms with van der Waals surface area (Å²) in [5, 5.41) is 2.24. The van der Waals surface area contributed by atoms with Crippen LogP contribution in [0.2, 0.25) is 0 Å². The maximum absolute atomic E-state index is 13.0. The van der Waals surface area contributed by atoms with Crippen LogP contribution in [0, 0.1) is 6.92 Å². The first-order chi connectivity index (χ1) is 14.9. The first kappa shape index (κ1) is 20.6. The highest BCUT2D eigenvalue weighted by Gasteiger charge is 2.36. The van der Waals surface area contributed by atoms with E-state index in [0.29, 0.717) is 15.7 Å². The van der Waals surface area contributed by atoms with Gasteiger partial charge in [-0.2, -0.15) is 0 Å². The van der Waals surface area contributed by atoms with Crippen molar-refractivity contribution in [3.05, 3.63) is 82.1 Å². The summed E-state index contributed by atoms with van der Waals surface area (Å²) in [6.45, 7) is 1.92. The molecule has 1 fully saturated rings. The Hall–Kier alpha value is -3.65. The Labute approximate surface area is 187 Å². The molecule has 31 heavy (non-hydrogen) atoms. The van der Waals surface area contributed by atoms with Crippen molar-refractivity contribution in [3.63, 3.8) is 0 Å². The number of hydrogen-bond donors (Lipinski definition) is 1. The van der Waals surface area contributed by atoms with Gasteiger partial charge < -0.3 is 9.30 Å². The molecule has 0 saturated carbocycles. The fourth-order valence-electron chi connectivity index (χ4n) is 3.37. The van der Waals surface area contributed by atoms with E-state index in [1.165, 1.54) is 6.08 Å². The maximum Gasteiger partial charge on any atom is 0.335 e. The molecule has 1 aliphatic heterocycles. The van der Waals surface area contributed by atoms with Crippen LogP contribution in [0.5, 0.6) is 5.75 Å². The summed E-state index contributed by atoms with van der Waals surface area (Å²) in [5.41, 5.74) is 2.73. The monoisotopic (exact) mass is 479 g/mol. The van der Waals surface area contributed by atoms with Crippen LogP contribution in [0.4, 0.5) is 10.5 Å². The lowest BCUT2D eigenvalue weighted by atomic mass is 10.1.